The van der Waals surface area contributed by atoms with Crippen molar-refractivity contribution in [1.29, 1.82) is 0 Å². The Labute approximate surface area is 90.8 Å². The van der Waals surface area contributed by atoms with E-state index >= 15 is 0 Å². The van der Waals surface area contributed by atoms with Crippen molar-refractivity contribution < 1.29 is 9.53 Å². The lowest BCUT2D eigenvalue weighted by Gasteiger charge is -2.27. The molecule has 0 aliphatic carbocycles. The monoisotopic (exact) mass is 212 g/mol. The summed E-state index contributed by atoms with van der Waals surface area (Å²) in [4.78, 5) is 11.5. The van der Waals surface area contributed by atoms with Gasteiger partial charge >= 0.3 is 0 Å². The molecule has 0 aromatic carbocycles. The molecule has 2 saturated heterocycles. The van der Waals surface area contributed by atoms with E-state index in [1.807, 2.05) is 0 Å². The van der Waals surface area contributed by atoms with Gasteiger partial charge in [0, 0.05) is 26.2 Å². The number of hydrogen-bond donors (Lipinski definition) is 2. The maximum absolute atomic E-state index is 11.5. The second-order valence-electron chi connectivity index (χ2n) is 4.59. The highest BCUT2D eigenvalue weighted by Crippen LogP contribution is 2.13. The molecule has 4 nitrogen and oxygen atoms in total. The Balaban J connectivity index is 1.57. The van der Waals surface area contributed by atoms with Crippen molar-refractivity contribution in [3.05, 3.63) is 0 Å². The predicted molar refractivity (Wildman–Crippen MR) is 57.5 cm³/mol. The predicted octanol–water partition coefficient (Wildman–Crippen LogP) is 0.139. The standard InChI is InChI=1S/C11H20N2O2/c14-11(5-10-6-12-7-10)13-8-9-1-3-15-4-2-9/h9-10,12H,1-8H2,(H,13,14). The molecule has 0 atom stereocenters. The Bertz CT molecular complexity index is 211. The third kappa shape index (κ3) is 3.47. The van der Waals surface area contributed by atoms with Gasteiger partial charge in [-0.05, 0) is 37.8 Å². The van der Waals surface area contributed by atoms with E-state index in [4.69, 9.17) is 4.74 Å². The first kappa shape index (κ1) is 10.9. The topological polar surface area (TPSA) is 50.4 Å². The van der Waals surface area contributed by atoms with Crippen molar-refractivity contribution >= 4 is 5.91 Å². The summed E-state index contributed by atoms with van der Waals surface area (Å²) in [7, 11) is 0. The number of ether oxygens (including phenoxy) is 1. The molecule has 4 heteroatoms. The maximum Gasteiger partial charge on any atom is 0.220 e. The highest BCUT2D eigenvalue weighted by atomic mass is 16.5. The van der Waals surface area contributed by atoms with E-state index < -0.39 is 0 Å². The third-order valence-corrected chi connectivity index (χ3v) is 3.27. The van der Waals surface area contributed by atoms with Gasteiger partial charge in [-0.1, -0.05) is 0 Å². The van der Waals surface area contributed by atoms with Gasteiger partial charge in [-0.25, -0.2) is 0 Å². The van der Waals surface area contributed by atoms with Crippen LogP contribution in [0.3, 0.4) is 0 Å². The summed E-state index contributed by atoms with van der Waals surface area (Å²) in [6.07, 6.45) is 2.87. The van der Waals surface area contributed by atoms with Gasteiger partial charge in [-0.2, -0.15) is 0 Å². The normalized spacial score (nSPS) is 23.5. The Morgan fingerprint density at radius 2 is 2.00 bits per heavy atom. The number of carbonyl (C=O) groups excluding carboxylic acids is 1. The summed E-state index contributed by atoms with van der Waals surface area (Å²) in [6.45, 7) is 4.55. The van der Waals surface area contributed by atoms with Crippen LogP contribution in [-0.4, -0.2) is 38.8 Å². The Morgan fingerprint density at radius 3 is 2.60 bits per heavy atom. The summed E-state index contributed by atoms with van der Waals surface area (Å²) < 4.78 is 5.28. The number of amides is 1. The van der Waals surface area contributed by atoms with E-state index in [1.165, 1.54) is 0 Å². The van der Waals surface area contributed by atoms with Gasteiger partial charge in [0.25, 0.3) is 0 Å². The minimum atomic E-state index is 0.216. The molecular weight excluding hydrogens is 192 g/mol. The number of carbonyl (C=O) groups is 1. The Morgan fingerprint density at radius 1 is 1.27 bits per heavy atom. The Kier molecular flexibility index (Phi) is 3.97. The second kappa shape index (κ2) is 5.47. The van der Waals surface area contributed by atoms with Crippen molar-refractivity contribution in [2.75, 3.05) is 32.8 Å². The van der Waals surface area contributed by atoms with Crippen LogP contribution >= 0.6 is 0 Å². The van der Waals surface area contributed by atoms with Crippen LogP contribution in [-0.2, 0) is 9.53 Å². The van der Waals surface area contributed by atoms with E-state index in [0.717, 1.165) is 45.7 Å². The average Bonchev–Trinajstić information content (AvgIpc) is 2.22. The van der Waals surface area contributed by atoms with Gasteiger partial charge in [0.05, 0.1) is 0 Å². The lowest BCUT2D eigenvalue weighted by atomic mass is 9.98. The first-order valence-corrected chi connectivity index (χ1v) is 5.90. The first-order valence-electron chi connectivity index (χ1n) is 5.90. The van der Waals surface area contributed by atoms with Crippen LogP contribution in [0.1, 0.15) is 19.3 Å². The highest BCUT2D eigenvalue weighted by Gasteiger charge is 2.21. The Hall–Kier alpha value is -0.610. The SMILES string of the molecule is O=C(CC1CNC1)NCC1CCOCC1. The molecule has 2 fully saturated rings. The summed E-state index contributed by atoms with van der Waals surface area (Å²) in [5, 5.41) is 6.20. The van der Waals surface area contributed by atoms with Crippen LogP contribution in [0.25, 0.3) is 0 Å². The van der Waals surface area contributed by atoms with Gasteiger partial charge < -0.3 is 15.4 Å². The molecule has 0 spiro atoms. The zero-order valence-electron chi connectivity index (χ0n) is 9.13. The maximum atomic E-state index is 11.5. The summed E-state index contributed by atoms with van der Waals surface area (Å²) in [5.41, 5.74) is 0. The minimum Gasteiger partial charge on any atom is -0.381 e. The van der Waals surface area contributed by atoms with Crippen molar-refractivity contribution in [2.45, 2.75) is 19.3 Å². The lowest BCUT2D eigenvalue weighted by Crippen LogP contribution is -2.45. The van der Waals surface area contributed by atoms with Crippen LogP contribution in [0.15, 0.2) is 0 Å². The second-order valence-corrected chi connectivity index (χ2v) is 4.59. The molecule has 2 N–H and O–H groups in total. The highest BCUT2D eigenvalue weighted by molar-refractivity contribution is 5.76. The first-order chi connectivity index (χ1) is 7.34. The molecule has 0 bridgehead atoms. The fraction of sp³-hybridized carbons (Fsp3) is 0.909. The van der Waals surface area contributed by atoms with E-state index in [1.54, 1.807) is 0 Å². The van der Waals surface area contributed by atoms with Crippen molar-refractivity contribution in [2.24, 2.45) is 11.8 Å². The number of nitrogens with one attached hydrogen (secondary N) is 2. The largest absolute Gasteiger partial charge is 0.381 e. The van der Waals surface area contributed by atoms with Crippen LogP contribution in [0.5, 0.6) is 0 Å². The van der Waals surface area contributed by atoms with Gasteiger partial charge in [0.15, 0.2) is 0 Å². The van der Waals surface area contributed by atoms with Crippen LogP contribution in [0, 0.1) is 11.8 Å². The molecule has 15 heavy (non-hydrogen) atoms. The summed E-state index contributed by atoms with van der Waals surface area (Å²) >= 11 is 0. The molecule has 2 aliphatic rings. The van der Waals surface area contributed by atoms with E-state index in [-0.39, 0.29) is 5.91 Å². The molecule has 0 aromatic rings. The zero-order valence-corrected chi connectivity index (χ0v) is 9.13. The zero-order chi connectivity index (χ0) is 10.5. The number of rotatable bonds is 4. The molecule has 1 amide bonds. The quantitative estimate of drug-likeness (QED) is 0.697. The van der Waals surface area contributed by atoms with Gasteiger partial charge in [0.2, 0.25) is 5.91 Å². The van der Waals surface area contributed by atoms with E-state index in [0.29, 0.717) is 18.3 Å². The molecule has 0 saturated carbocycles. The van der Waals surface area contributed by atoms with Crippen LogP contribution in [0.2, 0.25) is 0 Å². The lowest BCUT2D eigenvalue weighted by molar-refractivity contribution is -0.122. The fourth-order valence-electron chi connectivity index (χ4n) is 2.04. The van der Waals surface area contributed by atoms with E-state index in [9.17, 15) is 4.79 Å². The fourth-order valence-corrected chi connectivity index (χ4v) is 2.04. The van der Waals surface area contributed by atoms with Crippen LogP contribution in [0.4, 0.5) is 0 Å². The molecule has 2 heterocycles. The molecule has 86 valence electrons. The summed E-state index contributed by atoms with van der Waals surface area (Å²) in [5.74, 6) is 1.41. The molecular formula is C11H20N2O2. The van der Waals surface area contributed by atoms with Crippen LogP contribution < -0.4 is 10.6 Å². The van der Waals surface area contributed by atoms with Crippen molar-refractivity contribution in [3.63, 3.8) is 0 Å². The molecule has 2 aliphatic heterocycles. The molecule has 0 aromatic heterocycles. The number of hydrogen-bond acceptors (Lipinski definition) is 3. The van der Waals surface area contributed by atoms with E-state index in [2.05, 4.69) is 10.6 Å². The molecule has 0 radical (unpaired) electrons. The van der Waals surface area contributed by atoms with Crippen molar-refractivity contribution in [1.82, 2.24) is 10.6 Å². The van der Waals surface area contributed by atoms with Gasteiger partial charge in [-0.15, -0.1) is 0 Å². The van der Waals surface area contributed by atoms with Gasteiger partial charge in [-0.3, -0.25) is 4.79 Å². The van der Waals surface area contributed by atoms with Gasteiger partial charge in [0.1, 0.15) is 0 Å². The summed E-state index contributed by atoms with van der Waals surface area (Å²) in [6, 6.07) is 0. The van der Waals surface area contributed by atoms with Crippen molar-refractivity contribution in [3.8, 4) is 0 Å². The minimum absolute atomic E-state index is 0.216. The molecule has 2 rings (SSSR count). The molecule has 0 unspecified atom stereocenters. The average molecular weight is 212 g/mol. The third-order valence-electron chi connectivity index (χ3n) is 3.27. The smallest absolute Gasteiger partial charge is 0.220 e.